The molecule has 2 nitrogen and oxygen atoms in total. The summed E-state index contributed by atoms with van der Waals surface area (Å²) in [5, 5.41) is 21.2. The lowest BCUT2D eigenvalue weighted by Crippen LogP contribution is -2.55. The highest BCUT2D eigenvalue weighted by Gasteiger charge is 2.62. The number of fused-ring (bicyclic) bond motifs is 5. The molecule has 23 heavy (non-hydrogen) atoms. The van der Waals surface area contributed by atoms with Crippen molar-refractivity contribution in [3.63, 3.8) is 0 Å². The Labute approximate surface area is 141 Å². The van der Waals surface area contributed by atoms with Gasteiger partial charge in [0, 0.05) is 0 Å². The third-order valence-corrected chi connectivity index (χ3v) is 9.20. The molecule has 4 aliphatic rings. The molecule has 8 atom stereocenters. The van der Waals surface area contributed by atoms with Crippen molar-refractivity contribution in [1.29, 1.82) is 0 Å². The fourth-order valence-corrected chi connectivity index (χ4v) is 7.32. The number of allylic oxidation sites excluding steroid dienone is 1. The molecule has 3 fully saturated rings. The summed E-state index contributed by atoms with van der Waals surface area (Å²) in [5.74, 6) is 2.72. The molecule has 0 aliphatic heterocycles. The maximum absolute atomic E-state index is 11.0. The van der Waals surface area contributed by atoms with Gasteiger partial charge in [-0.15, -0.1) is 0 Å². The molecule has 4 aliphatic carbocycles. The van der Waals surface area contributed by atoms with Gasteiger partial charge in [0.15, 0.2) is 0 Å². The van der Waals surface area contributed by atoms with E-state index in [2.05, 4.69) is 33.8 Å². The van der Waals surface area contributed by atoms with Crippen molar-refractivity contribution in [3.8, 4) is 0 Å². The van der Waals surface area contributed by atoms with Gasteiger partial charge in [-0.2, -0.15) is 0 Å². The first kappa shape index (κ1) is 16.1. The topological polar surface area (TPSA) is 40.5 Å². The molecule has 0 saturated heterocycles. The standard InChI is InChI=1S/C21H34O2/c1-13-11-15(22)12-14-5-6-16-17-8-10-20(3,23)19(17,2)9-7-18(16)21(13,14)4/h5,13,15-18,22-23H,6-12H2,1-4H3/t13-,15+,16+,17+,18+,19+,20+,21+/m1/s1. The van der Waals surface area contributed by atoms with Crippen molar-refractivity contribution in [1.82, 2.24) is 0 Å². The van der Waals surface area contributed by atoms with Crippen LogP contribution < -0.4 is 0 Å². The van der Waals surface area contributed by atoms with E-state index in [4.69, 9.17) is 0 Å². The Bertz CT molecular complexity index is 536. The summed E-state index contributed by atoms with van der Waals surface area (Å²) in [5.41, 5.74) is 1.44. The summed E-state index contributed by atoms with van der Waals surface area (Å²) < 4.78 is 0. The highest BCUT2D eigenvalue weighted by atomic mass is 16.3. The average molecular weight is 319 g/mol. The van der Waals surface area contributed by atoms with Crippen LogP contribution in [0.3, 0.4) is 0 Å². The number of aliphatic hydroxyl groups is 2. The molecule has 2 N–H and O–H groups in total. The van der Waals surface area contributed by atoms with Crippen LogP contribution >= 0.6 is 0 Å². The van der Waals surface area contributed by atoms with Crippen molar-refractivity contribution in [2.75, 3.05) is 0 Å². The molecular formula is C21H34O2. The predicted molar refractivity (Wildman–Crippen MR) is 92.9 cm³/mol. The number of aliphatic hydroxyl groups excluding tert-OH is 1. The number of hydrogen-bond acceptors (Lipinski definition) is 2. The van der Waals surface area contributed by atoms with E-state index in [9.17, 15) is 10.2 Å². The van der Waals surface area contributed by atoms with Gasteiger partial charge in [0.1, 0.15) is 0 Å². The zero-order valence-corrected chi connectivity index (χ0v) is 15.3. The minimum Gasteiger partial charge on any atom is -0.393 e. The minimum absolute atomic E-state index is 0.104. The first-order valence-electron chi connectivity index (χ1n) is 9.80. The molecule has 0 spiro atoms. The van der Waals surface area contributed by atoms with Crippen LogP contribution in [0.15, 0.2) is 11.6 Å². The molecule has 0 heterocycles. The van der Waals surface area contributed by atoms with E-state index in [1.54, 1.807) is 5.57 Å². The van der Waals surface area contributed by atoms with E-state index in [0.29, 0.717) is 11.8 Å². The first-order chi connectivity index (χ1) is 10.7. The molecular weight excluding hydrogens is 284 g/mol. The SMILES string of the molecule is C[C@@H]1C[C@H](O)CC2=CC[C@@H]3[C@H](CC[C@@]4(C)[C@H]3CC[C@]4(C)O)[C@]21C. The van der Waals surface area contributed by atoms with Crippen molar-refractivity contribution in [2.24, 2.45) is 34.5 Å². The highest BCUT2D eigenvalue weighted by Crippen LogP contribution is 2.67. The Kier molecular flexibility index (Phi) is 3.40. The quantitative estimate of drug-likeness (QED) is 0.654. The lowest BCUT2D eigenvalue weighted by Gasteiger charge is -2.60. The fourth-order valence-electron chi connectivity index (χ4n) is 7.32. The van der Waals surface area contributed by atoms with Crippen LogP contribution in [0.2, 0.25) is 0 Å². The van der Waals surface area contributed by atoms with Crippen LogP contribution in [-0.4, -0.2) is 21.9 Å². The van der Waals surface area contributed by atoms with Crippen LogP contribution in [0.4, 0.5) is 0 Å². The molecule has 2 heteroatoms. The van der Waals surface area contributed by atoms with Gasteiger partial charge in [-0.05, 0) is 86.4 Å². The second kappa shape index (κ2) is 4.85. The molecule has 0 aromatic carbocycles. The lowest BCUT2D eigenvalue weighted by atomic mass is 9.45. The number of hydrogen-bond donors (Lipinski definition) is 2. The highest BCUT2D eigenvalue weighted by molar-refractivity contribution is 5.27. The average Bonchev–Trinajstić information content (AvgIpc) is 2.71. The van der Waals surface area contributed by atoms with Crippen molar-refractivity contribution in [2.45, 2.75) is 84.3 Å². The fraction of sp³-hybridized carbons (Fsp3) is 0.905. The summed E-state index contributed by atoms with van der Waals surface area (Å²) in [7, 11) is 0. The van der Waals surface area contributed by atoms with Gasteiger partial charge in [-0.3, -0.25) is 0 Å². The van der Waals surface area contributed by atoms with Crippen molar-refractivity contribution >= 4 is 0 Å². The molecule has 0 radical (unpaired) electrons. The van der Waals surface area contributed by atoms with Crippen molar-refractivity contribution < 1.29 is 10.2 Å². The van der Waals surface area contributed by atoms with E-state index in [0.717, 1.165) is 31.1 Å². The van der Waals surface area contributed by atoms with Crippen molar-refractivity contribution in [3.05, 3.63) is 11.6 Å². The largest absolute Gasteiger partial charge is 0.393 e. The lowest BCUT2D eigenvalue weighted by molar-refractivity contribution is -0.122. The second-order valence-electron chi connectivity index (χ2n) is 9.89. The summed E-state index contributed by atoms with van der Waals surface area (Å²) in [4.78, 5) is 0. The van der Waals surface area contributed by atoms with Gasteiger partial charge in [0.05, 0.1) is 11.7 Å². The second-order valence-corrected chi connectivity index (χ2v) is 9.89. The third kappa shape index (κ3) is 1.94. The van der Waals surface area contributed by atoms with E-state index in [1.807, 2.05) is 0 Å². The Hall–Kier alpha value is -0.340. The van der Waals surface area contributed by atoms with Gasteiger partial charge < -0.3 is 10.2 Å². The van der Waals surface area contributed by atoms with E-state index < -0.39 is 5.60 Å². The Morgan fingerprint density at radius 3 is 2.52 bits per heavy atom. The number of rotatable bonds is 0. The Balaban J connectivity index is 1.72. The van der Waals surface area contributed by atoms with E-state index in [-0.39, 0.29) is 16.9 Å². The predicted octanol–water partition coefficient (Wildman–Crippen LogP) is 4.31. The first-order valence-corrected chi connectivity index (χ1v) is 9.80. The summed E-state index contributed by atoms with van der Waals surface area (Å²) >= 11 is 0. The smallest absolute Gasteiger partial charge is 0.0675 e. The molecule has 0 unspecified atom stereocenters. The van der Waals surface area contributed by atoms with Crippen LogP contribution in [0.25, 0.3) is 0 Å². The van der Waals surface area contributed by atoms with Gasteiger partial charge in [0.2, 0.25) is 0 Å². The molecule has 0 aromatic heterocycles. The van der Waals surface area contributed by atoms with Gasteiger partial charge >= 0.3 is 0 Å². The zero-order chi connectivity index (χ0) is 16.6. The molecule has 0 aromatic rings. The minimum atomic E-state index is -0.484. The Morgan fingerprint density at radius 2 is 1.78 bits per heavy atom. The van der Waals surface area contributed by atoms with Crippen LogP contribution in [0, 0.1) is 34.5 Å². The zero-order valence-electron chi connectivity index (χ0n) is 15.3. The maximum Gasteiger partial charge on any atom is 0.0675 e. The maximum atomic E-state index is 11.0. The third-order valence-electron chi connectivity index (χ3n) is 9.20. The normalized spacial score (nSPS) is 58.9. The van der Waals surface area contributed by atoms with Crippen LogP contribution in [0.1, 0.15) is 72.6 Å². The van der Waals surface area contributed by atoms with E-state index in [1.165, 1.54) is 25.7 Å². The summed E-state index contributed by atoms with van der Waals surface area (Å²) in [6.07, 6.45) is 9.96. The molecule has 3 saturated carbocycles. The summed E-state index contributed by atoms with van der Waals surface area (Å²) in [6.45, 7) is 9.29. The van der Waals surface area contributed by atoms with E-state index >= 15 is 0 Å². The molecule has 4 rings (SSSR count). The Morgan fingerprint density at radius 1 is 1.09 bits per heavy atom. The monoisotopic (exact) mass is 318 g/mol. The van der Waals surface area contributed by atoms with Gasteiger partial charge in [-0.25, -0.2) is 0 Å². The van der Waals surface area contributed by atoms with Crippen LogP contribution in [-0.2, 0) is 0 Å². The van der Waals surface area contributed by atoms with Crippen LogP contribution in [0.5, 0.6) is 0 Å². The summed E-state index contributed by atoms with van der Waals surface area (Å²) in [6, 6.07) is 0. The molecule has 0 amide bonds. The molecule has 0 bridgehead atoms. The van der Waals surface area contributed by atoms with Gasteiger partial charge in [0.25, 0.3) is 0 Å². The molecule has 130 valence electrons. The van der Waals surface area contributed by atoms with Gasteiger partial charge in [-0.1, -0.05) is 32.4 Å².